The lowest BCUT2D eigenvalue weighted by atomic mass is 9.93. The smallest absolute Gasteiger partial charge is 0.259 e. The van der Waals surface area contributed by atoms with Gasteiger partial charge in [0, 0.05) is 18.2 Å². The van der Waals surface area contributed by atoms with E-state index in [0.717, 1.165) is 34.7 Å². The normalized spacial score (nSPS) is 19.4. The zero-order chi connectivity index (χ0) is 18.1. The molecule has 0 aliphatic carbocycles. The lowest BCUT2D eigenvalue weighted by Crippen LogP contribution is -2.24. The van der Waals surface area contributed by atoms with E-state index in [1.807, 2.05) is 54.6 Å². The van der Waals surface area contributed by atoms with Crippen LogP contribution in [0, 0.1) is 0 Å². The number of carbonyl (C=O) groups excluding carboxylic acids is 2. The van der Waals surface area contributed by atoms with Gasteiger partial charge in [-0.25, -0.2) is 0 Å². The van der Waals surface area contributed by atoms with Crippen LogP contribution in [0.5, 0.6) is 0 Å². The van der Waals surface area contributed by atoms with Gasteiger partial charge in [0.1, 0.15) is 4.58 Å². The number of benzene rings is 2. The Morgan fingerprint density at radius 3 is 2.38 bits per heavy atom. The third-order valence-corrected chi connectivity index (χ3v) is 7.55. The molecule has 2 aromatic carbocycles. The summed E-state index contributed by atoms with van der Waals surface area (Å²) >= 11 is 3.38. The Balaban J connectivity index is 1.92. The monoisotopic (exact) mass is 381 g/mol. The molecule has 0 unspecified atom stereocenters. The van der Waals surface area contributed by atoms with Gasteiger partial charge < -0.3 is 4.90 Å². The maximum Gasteiger partial charge on any atom is 0.259 e. The maximum atomic E-state index is 13.5. The Morgan fingerprint density at radius 1 is 1.00 bits per heavy atom. The molecule has 2 aliphatic heterocycles. The predicted octanol–water partition coefficient (Wildman–Crippen LogP) is 4.34. The minimum Gasteiger partial charge on any atom is -0.311 e. The largest absolute Gasteiger partial charge is 0.311 e. The van der Waals surface area contributed by atoms with Gasteiger partial charge in [0.05, 0.1) is 11.3 Å². The average molecular weight is 382 g/mol. The van der Waals surface area contributed by atoms with E-state index in [4.69, 9.17) is 0 Å². The molecule has 26 heavy (non-hydrogen) atoms. The van der Waals surface area contributed by atoms with Crippen molar-refractivity contribution in [2.75, 3.05) is 23.5 Å². The van der Waals surface area contributed by atoms with Crippen molar-refractivity contribution in [2.45, 2.75) is 11.0 Å². The van der Waals surface area contributed by atoms with Crippen LogP contribution >= 0.6 is 23.5 Å². The summed E-state index contributed by atoms with van der Waals surface area (Å²) in [6.45, 7) is 0. The minimum absolute atomic E-state index is 0.0550. The van der Waals surface area contributed by atoms with Gasteiger partial charge in [0.25, 0.3) is 5.91 Å². The summed E-state index contributed by atoms with van der Waals surface area (Å²) in [6, 6.07) is 17.3. The number of allylic oxidation sites excluding steroid dienone is 1. The van der Waals surface area contributed by atoms with Crippen LogP contribution in [0.3, 0.4) is 0 Å². The van der Waals surface area contributed by atoms with Crippen molar-refractivity contribution in [1.82, 2.24) is 0 Å². The summed E-state index contributed by atoms with van der Waals surface area (Å²) in [4.78, 5) is 28.2. The van der Waals surface area contributed by atoms with Gasteiger partial charge in [-0.3, -0.25) is 9.59 Å². The van der Waals surface area contributed by atoms with Crippen molar-refractivity contribution in [3.8, 4) is 0 Å². The van der Waals surface area contributed by atoms with Crippen molar-refractivity contribution >= 4 is 52.0 Å². The number of carbonyl (C=O) groups is 2. The average Bonchev–Trinajstić information content (AvgIpc) is 2.95. The van der Waals surface area contributed by atoms with Crippen LogP contribution in [0.2, 0.25) is 0 Å². The minimum atomic E-state index is -0.141. The molecule has 0 radical (unpaired) electrons. The lowest BCUT2D eigenvalue weighted by molar-refractivity contribution is -0.114. The molecule has 1 fully saturated rings. The Hall–Kier alpha value is -1.98. The summed E-state index contributed by atoms with van der Waals surface area (Å²) in [5.74, 6) is 1.93. The molecule has 2 aliphatic rings. The summed E-state index contributed by atoms with van der Waals surface area (Å²) in [7, 11) is 1.77. The maximum absolute atomic E-state index is 13.5. The highest BCUT2D eigenvalue weighted by Crippen LogP contribution is 2.43. The van der Waals surface area contributed by atoms with Gasteiger partial charge in [0.2, 0.25) is 0 Å². The molecule has 3 nitrogen and oxygen atoms in total. The topological polar surface area (TPSA) is 37.4 Å². The molecule has 1 amide bonds. The highest BCUT2D eigenvalue weighted by molar-refractivity contribution is 8.18. The molecule has 2 aromatic rings. The number of thioether (sulfide) groups is 2. The molecule has 0 aromatic heterocycles. The van der Waals surface area contributed by atoms with Crippen LogP contribution < -0.4 is 4.90 Å². The van der Waals surface area contributed by atoms with E-state index in [1.54, 1.807) is 35.5 Å². The van der Waals surface area contributed by atoms with E-state index in [1.165, 1.54) is 0 Å². The van der Waals surface area contributed by atoms with Crippen LogP contribution in [0.15, 0.2) is 54.6 Å². The van der Waals surface area contributed by atoms with Gasteiger partial charge in [-0.05, 0) is 29.6 Å². The SMILES string of the molecule is CN1C(=O)/C(=C(\C(=O)C2SCCCS2)c2ccccc2)c2ccccc21. The van der Waals surface area contributed by atoms with E-state index in [2.05, 4.69) is 0 Å². The Labute approximate surface area is 161 Å². The van der Waals surface area contributed by atoms with Gasteiger partial charge in [-0.15, -0.1) is 23.5 Å². The van der Waals surface area contributed by atoms with E-state index < -0.39 is 0 Å². The highest BCUT2D eigenvalue weighted by Gasteiger charge is 2.36. The van der Waals surface area contributed by atoms with Gasteiger partial charge in [-0.2, -0.15) is 0 Å². The summed E-state index contributed by atoms with van der Waals surface area (Å²) in [5.41, 5.74) is 3.61. The molecule has 132 valence electrons. The molecule has 0 bridgehead atoms. The number of nitrogens with zero attached hydrogens (tertiary/aromatic N) is 1. The number of anilines is 1. The molecule has 5 heteroatoms. The van der Waals surface area contributed by atoms with Crippen molar-refractivity contribution in [1.29, 1.82) is 0 Å². The van der Waals surface area contributed by atoms with Crippen molar-refractivity contribution in [3.63, 3.8) is 0 Å². The fourth-order valence-corrected chi connectivity index (χ4v) is 6.12. The van der Waals surface area contributed by atoms with Crippen LogP contribution in [0.4, 0.5) is 5.69 Å². The Bertz CT molecular complexity index is 886. The van der Waals surface area contributed by atoms with Crippen molar-refractivity contribution in [2.24, 2.45) is 0 Å². The van der Waals surface area contributed by atoms with Gasteiger partial charge >= 0.3 is 0 Å². The fraction of sp³-hybridized carbons (Fsp3) is 0.238. The zero-order valence-corrected chi connectivity index (χ0v) is 16.1. The standard InChI is InChI=1S/C21H19NO2S2/c1-22-16-11-6-5-10-15(16)18(20(22)24)17(14-8-3-2-4-9-14)19(23)21-25-12-7-13-26-21/h2-6,8-11,21H,7,12-13H2,1H3/b18-17-. The lowest BCUT2D eigenvalue weighted by Gasteiger charge is -2.22. The van der Waals surface area contributed by atoms with E-state index >= 15 is 0 Å². The molecule has 1 saturated heterocycles. The van der Waals surface area contributed by atoms with Crippen LogP contribution in [-0.4, -0.2) is 34.8 Å². The molecule has 0 saturated carbocycles. The molecular weight excluding hydrogens is 362 g/mol. The van der Waals surface area contributed by atoms with Crippen LogP contribution in [0.1, 0.15) is 17.5 Å². The number of rotatable bonds is 3. The molecule has 0 spiro atoms. The van der Waals surface area contributed by atoms with Gasteiger partial charge in [-0.1, -0.05) is 48.5 Å². The Kier molecular flexibility index (Phi) is 4.92. The number of para-hydroxylation sites is 1. The van der Waals surface area contributed by atoms with E-state index in [9.17, 15) is 9.59 Å². The highest BCUT2D eigenvalue weighted by atomic mass is 32.2. The summed E-state index contributed by atoms with van der Waals surface area (Å²) < 4.78 is -0.141. The number of hydrogen-bond acceptors (Lipinski definition) is 4. The van der Waals surface area contributed by atoms with Crippen LogP contribution in [-0.2, 0) is 9.59 Å². The first-order chi connectivity index (χ1) is 12.7. The van der Waals surface area contributed by atoms with Crippen molar-refractivity contribution in [3.05, 3.63) is 65.7 Å². The van der Waals surface area contributed by atoms with Crippen LogP contribution in [0.25, 0.3) is 11.1 Å². The first kappa shape index (κ1) is 17.4. The predicted molar refractivity (Wildman–Crippen MR) is 111 cm³/mol. The number of Topliss-reactive ketones (excluding diaryl/α,β-unsaturated/α-hetero) is 1. The first-order valence-electron chi connectivity index (χ1n) is 8.63. The second-order valence-electron chi connectivity index (χ2n) is 6.29. The summed E-state index contributed by atoms with van der Waals surface area (Å²) in [5, 5.41) is 0. The first-order valence-corrected chi connectivity index (χ1v) is 10.7. The number of fused-ring (bicyclic) bond motifs is 1. The molecule has 2 heterocycles. The summed E-state index contributed by atoms with van der Waals surface area (Å²) in [6.07, 6.45) is 1.13. The quantitative estimate of drug-likeness (QED) is 0.741. The Morgan fingerprint density at radius 2 is 1.65 bits per heavy atom. The fourth-order valence-electron chi connectivity index (χ4n) is 3.38. The van der Waals surface area contributed by atoms with Crippen molar-refractivity contribution < 1.29 is 9.59 Å². The number of likely N-dealkylation sites (N-methyl/N-ethyl adjacent to an activating group) is 1. The van der Waals surface area contributed by atoms with E-state index in [-0.39, 0.29) is 16.3 Å². The zero-order valence-electron chi connectivity index (χ0n) is 14.5. The molecule has 0 N–H and O–H groups in total. The second-order valence-corrected chi connectivity index (χ2v) is 9.01. The third kappa shape index (κ3) is 2.99. The molecular formula is C21H19NO2S2. The number of ketones is 1. The van der Waals surface area contributed by atoms with Gasteiger partial charge in [0.15, 0.2) is 5.78 Å². The molecule has 4 rings (SSSR count). The second kappa shape index (κ2) is 7.33. The van der Waals surface area contributed by atoms with E-state index in [0.29, 0.717) is 11.1 Å². The molecule has 0 atom stereocenters. The third-order valence-electron chi connectivity index (χ3n) is 4.65. The number of amides is 1. The number of hydrogen-bond donors (Lipinski definition) is 0.